The molecule has 0 spiro atoms. The maximum atomic E-state index is 5.44. The molecule has 1 aliphatic heterocycles. The zero-order valence-electron chi connectivity index (χ0n) is 11.4. The summed E-state index contributed by atoms with van der Waals surface area (Å²) < 4.78 is 5.44. The summed E-state index contributed by atoms with van der Waals surface area (Å²) in [6.07, 6.45) is 2.93. The fourth-order valence-corrected chi connectivity index (χ4v) is 3.31. The SMILES string of the molecule is COC1CCCN(CCNCc2sccc2C)C1. The van der Waals surface area contributed by atoms with Crippen LogP contribution in [0.15, 0.2) is 11.4 Å². The molecule has 4 heteroatoms. The van der Waals surface area contributed by atoms with E-state index in [0.717, 1.165) is 26.2 Å². The van der Waals surface area contributed by atoms with Crippen molar-refractivity contribution in [3.05, 3.63) is 21.9 Å². The van der Waals surface area contributed by atoms with Gasteiger partial charge in [0.25, 0.3) is 0 Å². The molecule has 2 rings (SSSR count). The number of nitrogens with zero attached hydrogens (tertiary/aromatic N) is 1. The van der Waals surface area contributed by atoms with E-state index in [1.54, 1.807) is 0 Å². The first-order chi connectivity index (χ1) is 8.79. The van der Waals surface area contributed by atoms with E-state index in [9.17, 15) is 0 Å². The second-order valence-electron chi connectivity index (χ2n) is 5.00. The van der Waals surface area contributed by atoms with E-state index in [1.807, 2.05) is 18.4 Å². The predicted octanol–water partition coefficient (Wildman–Crippen LogP) is 2.26. The molecular weight excluding hydrogens is 244 g/mol. The van der Waals surface area contributed by atoms with Crippen LogP contribution in [0.2, 0.25) is 0 Å². The van der Waals surface area contributed by atoms with Crippen LogP contribution in [0.4, 0.5) is 0 Å². The minimum absolute atomic E-state index is 0.443. The summed E-state index contributed by atoms with van der Waals surface area (Å²) in [5.41, 5.74) is 1.41. The molecule has 0 bridgehead atoms. The Kier molecular flexibility index (Phi) is 5.63. The maximum Gasteiger partial charge on any atom is 0.0698 e. The highest BCUT2D eigenvalue weighted by Crippen LogP contribution is 2.15. The minimum atomic E-state index is 0.443. The number of aryl methyl sites for hydroxylation is 1. The third kappa shape index (κ3) is 4.05. The van der Waals surface area contributed by atoms with Crippen LogP contribution in [0, 0.1) is 6.92 Å². The van der Waals surface area contributed by atoms with Gasteiger partial charge < -0.3 is 10.1 Å². The molecule has 1 N–H and O–H groups in total. The van der Waals surface area contributed by atoms with Crippen molar-refractivity contribution in [1.82, 2.24) is 10.2 Å². The van der Waals surface area contributed by atoms with Gasteiger partial charge in [-0.05, 0) is 43.3 Å². The quantitative estimate of drug-likeness (QED) is 0.801. The summed E-state index contributed by atoms with van der Waals surface area (Å²) in [6, 6.07) is 2.19. The van der Waals surface area contributed by atoms with Gasteiger partial charge in [-0.1, -0.05) is 0 Å². The Morgan fingerprint density at radius 3 is 3.17 bits per heavy atom. The zero-order chi connectivity index (χ0) is 12.8. The monoisotopic (exact) mass is 268 g/mol. The molecule has 1 saturated heterocycles. The van der Waals surface area contributed by atoms with Crippen LogP contribution in [0.25, 0.3) is 0 Å². The van der Waals surface area contributed by atoms with Gasteiger partial charge in [-0.3, -0.25) is 4.90 Å². The maximum absolute atomic E-state index is 5.44. The molecule has 1 aromatic heterocycles. The van der Waals surface area contributed by atoms with Crippen molar-refractivity contribution in [3.8, 4) is 0 Å². The van der Waals surface area contributed by atoms with Crippen LogP contribution >= 0.6 is 11.3 Å². The van der Waals surface area contributed by atoms with Gasteiger partial charge >= 0.3 is 0 Å². The molecule has 2 heterocycles. The number of methoxy groups -OCH3 is 1. The van der Waals surface area contributed by atoms with Crippen molar-refractivity contribution < 1.29 is 4.74 Å². The number of nitrogens with one attached hydrogen (secondary N) is 1. The average molecular weight is 268 g/mol. The lowest BCUT2D eigenvalue weighted by atomic mass is 10.1. The van der Waals surface area contributed by atoms with Gasteiger partial charge in [0.2, 0.25) is 0 Å². The first kappa shape index (κ1) is 14.0. The van der Waals surface area contributed by atoms with E-state index >= 15 is 0 Å². The standard InChI is InChI=1S/C14H24N2OS/c1-12-5-9-18-14(12)10-15-6-8-16-7-3-4-13(11-16)17-2/h5,9,13,15H,3-4,6-8,10-11H2,1-2H3. The van der Waals surface area contributed by atoms with Crippen molar-refractivity contribution in [3.63, 3.8) is 0 Å². The third-order valence-electron chi connectivity index (χ3n) is 3.65. The van der Waals surface area contributed by atoms with Gasteiger partial charge in [-0.15, -0.1) is 11.3 Å². The van der Waals surface area contributed by atoms with Crippen molar-refractivity contribution in [2.75, 3.05) is 33.3 Å². The number of hydrogen-bond donors (Lipinski definition) is 1. The molecule has 0 amide bonds. The first-order valence-electron chi connectivity index (χ1n) is 6.78. The van der Waals surface area contributed by atoms with Gasteiger partial charge in [0.1, 0.15) is 0 Å². The van der Waals surface area contributed by atoms with E-state index in [4.69, 9.17) is 4.74 Å². The van der Waals surface area contributed by atoms with Gasteiger partial charge in [-0.2, -0.15) is 0 Å². The number of hydrogen-bond acceptors (Lipinski definition) is 4. The van der Waals surface area contributed by atoms with Gasteiger partial charge in [0, 0.05) is 38.2 Å². The summed E-state index contributed by atoms with van der Waals surface area (Å²) in [5, 5.41) is 5.70. The topological polar surface area (TPSA) is 24.5 Å². The Labute approximate surface area is 114 Å². The number of likely N-dealkylation sites (tertiary alicyclic amines) is 1. The minimum Gasteiger partial charge on any atom is -0.380 e. The van der Waals surface area contributed by atoms with E-state index in [-0.39, 0.29) is 0 Å². The van der Waals surface area contributed by atoms with Crippen molar-refractivity contribution in [1.29, 1.82) is 0 Å². The lowest BCUT2D eigenvalue weighted by Gasteiger charge is -2.31. The molecule has 1 unspecified atom stereocenters. The highest BCUT2D eigenvalue weighted by atomic mass is 32.1. The molecule has 3 nitrogen and oxygen atoms in total. The summed E-state index contributed by atoms with van der Waals surface area (Å²) in [4.78, 5) is 3.97. The molecule has 18 heavy (non-hydrogen) atoms. The summed E-state index contributed by atoms with van der Waals surface area (Å²) in [5.74, 6) is 0. The number of piperidine rings is 1. The number of rotatable bonds is 6. The molecule has 0 aromatic carbocycles. The van der Waals surface area contributed by atoms with Crippen molar-refractivity contribution >= 4 is 11.3 Å². The summed E-state index contributed by atoms with van der Waals surface area (Å²) >= 11 is 1.84. The Morgan fingerprint density at radius 1 is 1.56 bits per heavy atom. The largest absolute Gasteiger partial charge is 0.380 e. The van der Waals surface area contributed by atoms with Crippen LogP contribution in [-0.4, -0.2) is 44.3 Å². The van der Waals surface area contributed by atoms with Gasteiger partial charge in [0.15, 0.2) is 0 Å². The lowest BCUT2D eigenvalue weighted by Crippen LogP contribution is -2.42. The molecule has 1 atom stereocenters. The zero-order valence-corrected chi connectivity index (χ0v) is 12.3. The molecule has 102 valence electrons. The Balaban J connectivity index is 1.62. The first-order valence-corrected chi connectivity index (χ1v) is 7.66. The smallest absolute Gasteiger partial charge is 0.0698 e. The molecule has 0 aliphatic carbocycles. The fraction of sp³-hybridized carbons (Fsp3) is 0.714. The Morgan fingerprint density at radius 2 is 2.44 bits per heavy atom. The molecule has 1 aliphatic rings. The van der Waals surface area contributed by atoms with E-state index < -0.39 is 0 Å². The third-order valence-corrected chi connectivity index (χ3v) is 4.68. The van der Waals surface area contributed by atoms with Gasteiger partial charge in [0.05, 0.1) is 6.10 Å². The highest BCUT2D eigenvalue weighted by Gasteiger charge is 2.18. The van der Waals surface area contributed by atoms with Crippen LogP contribution in [0.3, 0.4) is 0 Å². The van der Waals surface area contributed by atoms with Crippen molar-refractivity contribution in [2.24, 2.45) is 0 Å². The predicted molar refractivity (Wildman–Crippen MR) is 77.2 cm³/mol. The lowest BCUT2D eigenvalue weighted by molar-refractivity contribution is 0.0318. The second kappa shape index (κ2) is 7.24. The molecule has 0 radical (unpaired) electrons. The van der Waals surface area contributed by atoms with E-state index in [0.29, 0.717) is 6.10 Å². The van der Waals surface area contributed by atoms with Crippen molar-refractivity contribution in [2.45, 2.75) is 32.4 Å². The summed E-state index contributed by atoms with van der Waals surface area (Å²) in [7, 11) is 1.83. The molecular formula is C14H24N2OS. The normalized spacial score (nSPS) is 21.3. The van der Waals surface area contributed by atoms with Crippen LogP contribution in [0.1, 0.15) is 23.3 Å². The van der Waals surface area contributed by atoms with E-state index in [1.165, 1.54) is 29.8 Å². The van der Waals surface area contributed by atoms with Gasteiger partial charge in [-0.25, -0.2) is 0 Å². The average Bonchev–Trinajstić information content (AvgIpc) is 2.81. The van der Waals surface area contributed by atoms with Crippen LogP contribution in [0.5, 0.6) is 0 Å². The number of thiophene rings is 1. The number of ether oxygens (including phenoxy) is 1. The second-order valence-corrected chi connectivity index (χ2v) is 6.00. The Hall–Kier alpha value is -0.420. The molecule has 0 saturated carbocycles. The molecule has 1 fully saturated rings. The summed E-state index contributed by atoms with van der Waals surface area (Å²) in [6.45, 7) is 7.69. The molecule has 1 aromatic rings. The van der Waals surface area contributed by atoms with Crippen LogP contribution in [-0.2, 0) is 11.3 Å². The van der Waals surface area contributed by atoms with Crippen LogP contribution < -0.4 is 5.32 Å². The highest BCUT2D eigenvalue weighted by molar-refractivity contribution is 7.10. The fourth-order valence-electron chi connectivity index (χ4n) is 2.43. The Bertz CT molecular complexity index is 353. The van der Waals surface area contributed by atoms with E-state index in [2.05, 4.69) is 28.6 Å².